The van der Waals surface area contributed by atoms with Crippen LogP contribution in [0.15, 0.2) is 22.8 Å². The van der Waals surface area contributed by atoms with Gasteiger partial charge in [-0.3, -0.25) is 9.59 Å². The van der Waals surface area contributed by atoms with Gasteiger partial charge in [-0.05, 0) is 25.0 Å². The Morgan fingerprint density at radius 3 is 2.79 bits per heavy atom. The number of likely N-dealkylation sites (N-methyl/N-ethyl adjacent to an activating group) is 1. The highest BCUT2D eigenvalue weighted by Gasteiger charge is 2.16. The molecule has 0 unspecified atom stereocenters. The minimum atomic E-state index is -0.488. The third-order valence-electron chi connectivity index (χ3n) is 4.02. The Morgan fingerprint density at radius 1 is 1.33 bits per heavy atom. The second-order valence-electron chi connectivity index (χ2n) is 5.71. The molecule has 2 aromatic rings. The number of rotatable bonds is 6. The van der Waals surface area contributed by atoms with Gasteiger partial charge in [0.25, 0.3) is 5.91 Å². The van der Waals surface area contributed by atoms with E-state index in [0.29, 0.717) is 6.54 Å². The van der Waals surface area contributed by atoms with E-state index in [0.717, 1.165) is 27.7 Å². The third kappa shape index (κ3) is 3.93. The summed E-state index contributed by atoms with van der Waals surface area (Å²) in [6, 6.07) is 5.86. The molecule has 0 fully saturated rings. The van der Waals surface area contributed by atoms with Crippen molar-refractivity contribution in [3.05, 3.63) is 35.1 Å². The van der Waals surface area contributed by atoms with E-state index in [1.165, 1.54) is 4.90 Å². The molecule has 0 saturated heterocycles. The first kappa shape index (κ1) is 17.5. The number of carbonyl (C=O) groups is 2. The van der Waals surface area contributed by atoms with Crippen LogP contribution in [-0.2, 0) is 20.7 Å². The highest BCUT2D eigenvalue weighted by atomic mass is 16.5. The summed E-state index contributed by atoms with van der Waals surface area (Å²) in [5.74, 6) is -0.819. The van der Waals surface area contributed by atoms with Crippen molar-refractivity contribution in [1.82, 2.24) is 4.90 Å². The zero-order valence-electron chi connectivity index (χ0n) is 14.1. The van der Waals surface area contributed by atoms with Crippen molar-refractivity contribution in [3.63, 3.8) is 0 Å². The van der Waals surface area contributed by atoms with Gasteiger partial charge < -0.3 is 14.1 Å². The number of furan rings is 1. The summed E-state index contributed by atoms with van der Waals surface area (Å²) in [5.41, 5.74) is 3.67. The first-order valence-electron chi connectivity index (χ1n) is 7.67. The number of nitriles is 1. The van der Waals surface area contributed by atoms with E-state index in [4.69, 9.17) is 14.4 Å². The average Bonchev–Trinajstić information content (AvgIpc) is 2.97. The summed E-state index contributed by atoms with van der Waals surface area (Å²) in [5, 5.41) is 9.38. The highest BCUT2D eigenvalue weighted by molar-refractivity contribution is 5.89. The zero-order valence-corrected chi connectivity index (χ0v) is 14.1. The van der Waals surface area contributed by atoms with Gasteiger partial charge in [-0.25, -0.2) is 0 Å². The fourth-order valence-electron chi connectivity index (χ4n) is 2.33. The Kier molecular flexibility index (Phi) is 5.59. The van der Waals surface area contributed by atoms with Crippen LogP contribution < -0.4 is 0 Å². The molecule has 0 bridgehead atoms. The van der Waals surface area contributed by atoms with Crippen LogP contribution in [0.3, 0.4) is 0 Å². The van der Waals surface area contributed by atoms with Crippen LogP contribution in [0.2, 0.25) is 0 Å². The molecule has 2 rings (SSSR count). The van der Waals surface area contributed by atoms with Crippen molar-refractivity contribution in [2.75, 3.05) is 20.2 Å². The predicted molar refractivity (Wildman–Crippen MR) is 88.2 cm³/mol. The maximum Gasteiger partial charge on any atom is 0.310 e. The summed E-state index contributed by atoms with van der Waals surface area (Å²) in [6.45, 7) is 3.96. The number of amides is 1. The van der Waals surface area contributed by atoms with Gasteiger partial charge in [-0.2, -0.15) is 5.26 Å². The molecule has 0 spiro atoms. The van der Waals surface area contributed by atoms with E-state index < -0.39 is 5.97 Å². The molecule has 24 heavy (non-hydrogen) atoms. The molecule has 1 aromatic heterocycles. The fourth-order valence-corrected chi connectivity index (χ4v) is 2.33. The Morgan fingerprint density at radius 2 is 2.08 bits per heavy atom. The second-order valence-corrected chi connectivity index (χ2v) is 5.71. The van der Waals surface area contributed by atoms with Gasteiger partial charge in [0.05, 0.1) is 25.2 Å². The number of benzene rings is 1. The topological polar surface area (TPSA) is 83.5 Å². The first-order chi connectivity index (χ1) is 11.4. The number of aryl methyl sites for hydroxylation is 2. The molecule has 6 heteroatoms. The standard InChI is InChI=1S/C18H20N2O4/c1-12-5-6-15-14(10-24-18(15)13(12)2)9-17(22)23-11-16(21)20(3)8-4-7-19/h5-6,10H,4,8-9,11H2,1-3H3. The van der Waals surface area contributed by atoms with E-state index >= 15 is 0 Å². The smallest absolute Gasteiger partial charge is 0.310 e. The van der Waals surface area contributed by atoms with Crippen LogP contribution in [0.4, 0.5) is 0 Å². The lowest BCUT2D eigenvalue weighted by molar-refractivity contribution is -0.150. The molecule has 1 aromatic carbocycles. The van der Waals surface area contributed by atoms with Crippen molar-refractivity contribution in [2.45, 2.75) is 26.7 Å². The van der Waals surface area contributed by atoms with Crippen LogP contribution in [0.25, 0.3) is 11.0 Å². The number of hydrogen-bond donors (Lipinski definition) is 0. The summed E-state index contributed by atoms with van der Waals surface area (Å²) in [6.07, 6.45) is 1.85. The molecule has 0 atom stereocenters. The maximum absolute atomic E-state index is 12.0. The zero-order chi connectivity index (χ0) is 17.7. The van der Waals surface area contributed by atoms with E-state index in [-0.39, 0.29) is 25.4 Å². The van der Waals surface area contributed by atoms with E-state index in [9.17, 15) is 9.59 Å². The highest BCUT2D eigenvalue weighted by Crippen LogP contribution is 2.26. The van der Waals surface area contributed by atoms with Crippen LogP contribution in [0, 0.1) is 25.2 Å². The quantitative estimate of drug-likeness (QED) is 0.761. The predicted octanol–water partition coefficient (Wildman–Crippen LogP) is 2.51. The van der Waals surface area contributed by atoms with Crippen molar-refractivity contribution in [1.29, 1.82) is 5.26 Å². The molecular formula is C18H20N2O4. The lowest BCUT2D eigenvalue weighted by Gasteiger charge is -2.15. The molecule has 126 valence electrons. The molecule has 1 amide bonds. The number of esters is 1. The van der Waals surface area contributed by atoms with Crippen molar-refractivity contribution in [3.8, 4) is 6.07 Å². The van der Waals surface area contributed by atoms with Crippen LogP contribution in [0.5, 0.6) is 0 Å². The van der Waals surface area contributed by atoms with E-state index in [1.807, 2.05) is 32.0 Å². The third-order valence-corrected chi connectivity index (χ3v) is 4.02. The number of fused-ring (bicyclic) bond motifs is 1. The largest absolute Gasteiger partial charge is 0.464 e. The SMILES string of the molecule is Cc1ccc2c(CC(=O)OCC(=O)N(C)CCC#N)coc2c1C. The van der Waals surface area contributed by atoms with Crippen molar-refractivity contribution >= 4 is 22.8 Å². The summed E-state index contributed by atoms with van der Waals surface area (Å²) < 4.78 is 10.6. The van der Waals surface area contributed by atoms with Crippen LogP contribution in [0.1, 0.15) is 23.1 Å². The Labute approximate surface area is 140 Å². The van der Waals surface area contributed by atoms with Gasteiger partial charge >= 0.3 is 5.97 Å². The molecular weight excluding hydrogens is 308 g/mol. The molecule has 0 N–H and O–H groups in total. The number of ether oxygens (including phenoxy) is 1. The summed E-state index contributed by atoms with van der Waals surface area (Å²) in [4.78, 5) is 25.1. The number of hydrogen-bond acceptors (Lipinski definition) is 5. The molecule has 0 saturated carbocycles. The minimum Gasteiger partial charge on any atom is -0.464 e. The van der Waals surface area contributed by atoms with Crippen LogP contribution >= 0.6 is 0 Å². The Balaban J connectivity index is 1.95. The molecule has 1 heterocycles. The molecule has 0 aliphatic rings. The Bertz CT molecular complexity index is 801. The van der Waals surface area contributed by atoms with E-state index in [2.05, 4.69) is 0 Å². The monoisotopic (exact) mass is 328 g/mol. The van der Waals surface area contributed by atoms with Crippen molar-refractivity contribution < 1.29 is 18.7 Å². The molecule has 0 aliphatic carbocycles. The summed E-state index contributed by atoms with van der Waals surface area (Å²) >= 11 is 0. The molecule has 0 radical (unpaired) electrons. The normalized spacial score (nSPS) is 10.4. The maximum atomic E-state index is 12.0. The van der Waals surface area contributed by atoms with Gasteiger partial charge in [-0.15, -0.1) is 0 Å². The number of nitrogens with zero attached hydrogens (tertiary/aromatic N) is 2. The number of carbonyl (C=O) groups excluding carboxylic acids is 2. The lowest BCUT2D eigenvalue weighted by Crippen LogP contribution is -2.32. The Hall–Kier alpha value is -2.81. The average molecular weight is 328 g/mol. The molecule has 0 aliphatic heterocycles. The summed E-state index contributed by atoms with van der Waals surface area (Å²) in [7, 11) is 1.57. The van der Waals surface area contributed by atoms with Gasteiger partial charge in [-0.1, -0.05) is 12.1 Å². The molecule has 6 nitrogen and oxygen atoms in total. The van der Waals surface area contributed by atoms with Crippen molar-refractivity contribution in [2.24, 2.45) is 0 Å². The first-order valence-corrected chi connectivity index (χ1v) is 7.67. The van der Waals surface area contributed by atoms with Gasteiger partial charge in [0.15, 0.2) is 6.61 Å². The lowest BCUT2D eigenvalue weighted by atomic mass is 10.0. The van der Waals surface area contributed by atoms with Crippen LogP contribution in [-0.4, -0.2) is 37.0 Å². The fraction of sp³-hybridized carbons (Fsp3) is 0.389. The van der Waals surface area contributed by atoms with Gasteiger partial charge in [0.2, 0.25) is 0 Å². The van der Waals surface area contributed by atoms with Gasteiger partial charge in [0, 0.05) is 24.5 Å². The van der Waals surface area contributed by atoms with Gasteiger partial charge in [0.1, 0.15) is 5.58 Å². The minimum absolute atomic E-state index is 0.0463. The second kappa shape index (κ2) is 7.64. The van der Waals surface area contributed by atoms with E-state index in [1.54, 1.807) is 13.3 Å².